The van der Waals surface area contributed by atoms with Gasteiger partial charge in [0.05, 0.1) is 6.61 Å². The molecule has 0 aromatic rings. The standard InChI is InChI=1S/C4H7NO/c1-3-6-4-5-2/h3-4H2,1H3. The van der Waals surface area contributed by atoms with Crippen molar-refractivity contribution in [2.24, 2.45) is 0 Å². The van der Waals surface area contributed by atoms with E-state index in [-0.39, 0.29) is 6.73 Å². The first kappa shape index (κ1) is 5.45. The molecule has 34 valence electrons. The molecule has 0 fully saturated rings. The second kappa shape index (κ2) is 4.45. The highest BCUT2D eigenvalue weighted by Gasteiger charge is 1.73. The van der Waals surface area contributed by atoms with Crippen molar-refractivity contribution in [3.63, 3.8) is 0 Å². The van der Waals surface area contributed by atoms with Gasteiger partial charge in [-0.1, -0.05) is 0 Å². The molecule has 0 saturated carbocycles. The van der Waals surface area contributed by atoms with Crippen molar-refractivity contribution in [2.75, 3.05) is 13.3 Å². The number of rotatable bonds is 2. The largest absolute Gasteiger partial charge is 0.318 e. The number of ether oxygens (including phenoxy) is 1. The molecule has 6 heavy (non-hydrogen) atoms. The van der Waals surface area contributed by atoms with Gasteiger partial charge in [0.15, 0.2) is 0 Å². The van der Waals surface area contributed by atoms with Crippen molar-refractivity contribution >= 4 is 0 Å². The molecule has 0 spiro atoms. The molecule has 0 atom stereocenters. The molecule has 2 heteroatoms. The van der Waals surface area contributed by atoms with Gasteiger partial charge < -0.3 is 4.74 Å². The van der Waals surface area contributed by atoms with E-state index in [1.54, 1.807) is 0 Å². The van der Waals surface area contributed by atoms with Gasteiger partial charge in [-0.25, -0.2) is 6.57 Å². The first-order chi connectivity index (χ1) is 2.91. The van der Waals surface area contributed by atoms with Gasteiger partial charge in [0.2, 0.25) is 0 Å². The van der Waals surface area contributed by atoms with Crippen LogP contribution >= 0.6 is 0 Å². The first-order valence-corrected chi connectivity index (χ1v) is 1.82. The molecule has 0 amide bonds. The van der Waals surface area contributed by atoms with E-state index >= 15 is 0 Å². The molecule has 0 aliphatic carbocycles. The van der Waals surface area contributed by atoms with Gasteiger partial charge in [-0.15, -0.1) is 0 Å². The average molecular weight is 85.1 g/mol. The van der Waals surface area contributed by atoms with Crippen LogP contribution in [-0.4, -0.2) is 13.3 Å². The summed E-state index contributed by atoms with van der Waals surface area (Å²) in [5.74, 6) is 0. The van der Waals surface area contributed by atoms with E-state index in [1.807, 2.05) is 6.92 Å². The van der Waals surface area contributed by atoms with Gasteiger partial charge in [-0.2, -0.15) is 0 Å². The van der Waals surface area contributed by atoms with Crippen molar-refractivity contribution in [1.29, 1.82) is 0 Å². The lowest BCUT2D eigenvalue weighted by Gasteiger charge is -1.81. The SMILES string of the molecule is [C-]#[N+]COCC. The highest BCUT2D eigenvalue weighted by Crippen LogP contribution is 1.69. The number of nitrogens with zero attached hydrogens (tertiary/aromatic N) is 1. The summed E-state index contributed by atoms with van der Waals surface area (Å²) in [4.78, 5) is 2.95. The third-order valence-electron chi connectivity index (χ3n) is 0.360. The molecule has 0 heterocycles. The summed E-state index contributed by atoms with van der Waals surface area (Å²) in [6.45, 7) is 8.92. The maximum Gasteiger partial charge on any atom is 0.318 e. The van der Waals surface area contributed by atoms with E-state index < -0.39 is 0 Å². The summed E-state index contributed by atoms with van der Waals surface area (Å²) >= 11 is 0. The molecule has 0 unspecified atom stereocenters. The summed E-state index contributed by atoms with van der Waals surface area (Å²) in [6, 6.07) is 0. The Morgan fingerprint density at radius 2 is 2.50 bits per heavy atom. The molecule has 0 aromatic carbocycles. The van der Waals surface area contributed by atoms with Crippen molar-refractivity contribution < 1.29 is 4.74 Å². The molecule has 0 bridgehead atoms. The Bertz CT molecular complexity index is 55.1. The molecular formula is C4H7NO. The maximum atomic E-state index is 6.21. The van der Waals surface area contributed by atoms with Crippen LogP contribution in [0.5, 0.6) is 0 Å². The Balaban J connectivity index is 2.54. The number of hydrogen-bond acceptors (Lipinski definition) is 1. The van der Waals surface area contributed by atoms with E-state index in [4.69, 9.17) is 6.57 Å². The zero-order valence-electron chi connectivity index (χ0n) is 3.77. The summed E-state index contributed by atoms with van der Waals surface area (Å²) in [5.41, 5.74) is 0. The van der Waals surface area contributed by atoms with Crippen LogP contribution in [-0.2, 0) is 4.74 Å². The molecule has 0 aromatic heterocycles. The van der Waals surface area contributed by atoms with E-state index in [1.165, 1.54) is 0 Å². The minimum absolute atomic E-state index is 0.205. The van der Waals surface area contributed by atoms with E-state index in [0.717, 1.165) is 0 Å². The third-order valence-corrected chi connectivity index (χ3v) is 0.360. The Kier molecular flexibility index (Phi) is 4.04. The highest BCUT2D eigenvalue weighted by molar-refractivity contribution is 4.43. The van der Waals surface area contributed by atoms with Crippen LogP contribution < -0.4 is 0 Å². The topological polar surface area (TPSA) is 13.6 Å². The third kappa shape index (κ3) is 3.45. The molecule has 0 rings (SSSR count). The fraction of sp³-hybridized carbons (Fsp3) is 0.750. The average Bonchev–Trinajstić information content (AvgIpc) is 1.61. The molecule has 0 aliphatic heterocycles. The summed E-state index contributed by atoms with van der Waals surface area (Å²) in [6.07, 6.45) is 0. The van der Waals surface area contributed by atoms with Crippen molar-refractivity contribution in [3.05, 3.63) is 11.4 Å². The predicted molar refractivity (Wildman–Crippen MR) is 23.1 cm³/mol. The lowest BCUT2D eigenvalue weighted by molar-refractivity contribution is 0.176. The molecule has 0 saturated heterocycles. The Hall–Kier alpha value is -0.550. The lowest BCUT2D eigenvalue weighted by atomic mass is 10.9. The van der Waals surface area contributed by atoms with E-state index in [9.17, 15) is 0 Å². The van der Waals surface area contributed by atoms with E-state index in [2.05, 4.69) is 9.58 Å². The first-order valence-electron chi connectivity index (χ1n) is 1.82. The highest BCUT2D eigenvalue weighted by atomic mass is 16.5. The monoisotopic (exact) mass is 85.1 g/mol. The van der Waals surface area contributed by atoms with Crippen molar-refractivity contribution in [3.8, 4) is 0 Å². The second-order valence-corrected chi connectivity index (χ2v) is 0.780. The minimum atomic E-state index is 0.205. The van der Waals surface area contributed by atoms with Crippen molar-refractivity contribution in [1.82, 2.24) is 0 Å². The molecule has 0 aliphatic rings. The van der Waals surface area contributed by atoms with Gasteiger partial charge in [-0.05, 0) is 6.92 Å². The molecule has 0 N–H and O–H groups in total. The van der Waals surface area contributed by atoms with Crippen molar-refractivity contribution in [2.45, 2.75) is 6.92 Å². The van der Waals surface area contributed by atoms with Crippen LogP contribution in [0.4, 0.5) is 0 Å². The normalized spacial score (nSPS) is 7.33. The zero-order chi connectivity index (χ0) is 4.83. The van der Waals surface area contributed by atoms with Gasteiger partial charge in [-0.3, -0.25) is 4.85 Å². The van der Waals surface area contributed by atoms with Crippen LogP contribution in [0.3, 0.4) is 0 Å². The summed E-state index contributed by atoms with van der Waals surface area (Å²) < 4.78 is 4.63. The summed E-state index contributed by atoms with van der Waals surface area (Å²) in [7, 11) is 0. The minimum Gasteiger partial charge on any atom is -0.313 e. The quantitative estimate of drug-likeness (QED) is 0.359. The fourth-order valence-electron chi connectivity index (χ4n) is 0.137. The lowest BCUT2D eigenvalue weighted by Crippen LogP contribution is -1.84. The second-order valence-electron chi connectivity index (χ2n) is 0.780. The van der Waals surface area contributed by atoms with Crippen LogP contribution in [0.25, 0.3) is 4.85 Å². The Morgan fingerprint density at radius 3 is 2.67 bits per heavy atom. The fourth-order valence-corrected chi connectivity index (χ4v) is 0.137. The van der Waals surface area contributed by atoms with Gasteiger partial charge in [0.1, 0.15) is 0 Å². The van der Waals surface area contributed by atoms with E-state index in [0.29, 0.717) is 6.61 Å². The van der Waals surface area contributed by atoms with Crippen LogP contribution in [0.15, 0.2) is 0 Å². The molecular weight excluding hydrogens is 78.0 g/mol. The molecule has 0 radical (unpaired) electrons. The van der Waals surface area contributed by atoms with Crippen LogP contribution in [0, 0.1) is 6.57 Å². The van der Waals surface area contributed by atoms with Crippen LogP contribution in [0.1, 0.15) is 6.92 Å². The zero-order valence-corrected chi connectivity index (χ0v) is 3.77. The predicted octanol–water partition coefficient (Wildman–Crippen LogP) is 0.900. The van der Waals surface area contributed by atoms with Gasteiger partial charge in [0.25, 0.3) is 0 Å². The summed E-state index contributed by atoms with van der Waals surface area (Å²) in [5, 5.41) is 0. The number of hydrogen-bond donors (Lipinski definition) is 0. The Morgan fingerprint density at radius 1 is 1.83 bits per heavy atom. The van der Waals surface area contributed by atoms with Crippen LogP contribution in [0.2, 0.25) is 0 Å². The smallest absolute Gasteiger partial charge is 0.313 e. The molecule has 2 nitrogen and oxygen atoms in total. The maximum absolute atomic E-state index is 6.21. The van der Waals surface area contributed by atoms with Gasteiger partial charge in [0, 0.05) is 0 Å². The Labute approximate surface area is 37.6 Å². The van der Waals surface area contributed by atoms with Gasteiger partial charge >= 0.3 is 6.73 Å².